The topological polar surface area (TPSA) is 110 Å². The molecule has 0 spiro atoms. The minimum Gasteiger partial charge on any atom is -0.352 e. The summed E-state index contributed by atoms with van der Waals surface area (Å²) < 4.78 is 19.2. The molecule has 0 bridgehead atoms. The summed E-state index contributed by atoms with van der Waals surface area (Å²) in [6.07, 6.45) is 5.14. The Morgan fingerprint density at radius 2 is 1.96 bits per heavy atom. The Hall–Kier alpha value is -4.71. The van der Waals surface area contributed by atoms with Crippen molar-refractivity contribution in [2.75, 3.05) is 38.6 Å². The molecule has 2 atom stereocenters. The number of carbonyl (C=O) groups is 1. The van der Waals surface area contributed by atoms with Crippen LogP contribution in [0, 0.1) is 48.8 Å². The normalized spacial score (nSPS) is 18.9. The van der Waals surface area contributed by atoms with E-state index in [4.69, 9.17) is 21.7 Å². The van der Waals surface area contributed by atoms with Gasteiger partial charge in [0.25, 0.3) is 5.91 Å². The molecule has 0 aliphatic carbocycles. The standard InChI is InChI=1S/C37H39ClFN9O/c1-7-8-30(49)47-12-10-23(14-24(47)9-11-40)18-48-35-25-15-28(38)32(31-22(3)21(2)13-29-26(31)16-41-44-29)33(39)34(25)43-36(27(35)17-42-48)46-19-37(4,20-46)45(5)6/h13,15-17,23-24H,9-10,12,14,18-20H2,1-6H3,(H,41,44)/t23?,24-/m1/s1. The first-order chi connectivity index (χ1) is 23.4. The van der Waals surface area contributed by atoms with E-state index < -0.39 is 5.82 Å². The number of hydrogen-bond donors (Lipinski definition) is 1. The van der Waals surface area contributed by atoms with Gasteiger partial charge in [0.2, 0.25) is 0 Å². The first-order valence-electron chi connectivity index (χ1n) is 16.6. The van der Waals surface area contributed by atoms with E-state index in [1.54, 1.807) is 18.0 Å². The van der Waals surface area contributed by atoms with E-state index in [1.165, 1.54) is 0 Å². The van der Waals surface area contributed by atoms with Gasteiger partial charge in [0.15, 0.2) is 5.82 Å². The van der Waals surface area contributed by atoms with E-state index in [9.17, 15) is 10.1 Å². The van der Waals surface area contributed by atoms with Crippen LogP contribution in [0.5, 0.6) is 0 Å². The number of pyridine rings is 1. The largest absolute Gasteiger partial charge is 0.352 e. The number of nitriles is 1. The predicted octanol–water partition coefficient (Wildman–Crippen LogP) is 6.22. The van der Waals surface area contributed by atoms with Crippen LogP contribution in [0.25, 0.3) is 43.8 Å². The summed E-state index contributed by atoms with van der Waals surface area (Å²) in [5.74, 6) is 5.42. The van der Waals surface area contributed by atoms with Crippen molar-refractivity contribution in [3.63, 3.8) is 0 Å². The van der Waals surface area contributed by atoms with Gasteiger partial charge in [0, 0.05) is 54.1 Å². The number of aryl methyl sites for hydroxylation is 1. The summed E-state index contributed by atoms with van der Waals surface area (Å²) >= 11 is 7.06. The number of hydrogen-bond acceptors (Lipinski definition) is 7. The summed E-state index contributed by atoms with van der Waals surface area (Å²) in [5, 5.41) is 24.2. The molecule has 252 valence electrons. The van der Waals surface area contributed by atoms with Gasteiger partial charge in [-0.25, -0.2) is 9.37 Å². The number of aromatic amines is 1. The third-order valence-electron chi connectivity index (χ3n) is 10.8. The van der Waals surface area contributed by atoms with Crippen LogP contribution in [0.4, 0.5) is 10.2 Å². The molecule has 2 aromatic carbocycles. The van der Waals surface area contributed by atoms with E-state index in [-0.39, 0.29) is 40.4 Å². The number of likely N-dealkylation sites (tertiary alicyclic amines) is 1. The number of fused-ring (bicyclic) bond motifs is 4. The molecule has 12 heteroatoms. The number of halogens is 2. The van der Waals surface area contributed by atoms with E-state index in [0.29, 0.717) is 41.8 Å². The highest BCUT2D eigenvalue weighted by Gasteiger charge is 2.42. The highest BCUT2D eigenvalue weighted by Crippen LogP contribution is 2.45. The van der Waals surface area contributed by atoms with Gasteiger partial charge >= 0.3 is 0 Å². The van der Waals surface area contributed by atoms with Crippen LogP contribution >= 0.6 is 11.6 Å². The molecule has 7 rings (SSSR count). The maximum absolute atomic E-state index is 17.2. The number of nitrogens with zero attached hydrogens (tertiary/aromatic N) is 8. The zero-order valence-electron chi connectivity index (χ0n) is 28.7. The van der Waals surface area contributed by atoms with Crippen molar-refractivity contribution >= 4 is 56.0 Å². The number of anilines is 1. The van der Waals surface area contributed by atoms with E-state index in [2.05, 4.69) is 58.9 Å². The molecule has 1 amide bonds. The Morgan fingerprint density at radius 3 is 2.67 bits per heavy atom. The van der Waals surface area contributed by atoms with Gasteiger partial charge in [0.1, 0.15) is 11.3 Å². The molecule has 5 aromatic rings. The van der Waals surface area contributed by atoms with Crippen LogP contribution in [-0.2, 0) is 11.3 Å². The number of likely N-dealkylation sites (N-methyl/N-ethyl adjacent to an activating group) is 1. The second-order valence-corrected chi connectivity index (χ2v) is 14.4. The fourth-order valence-corrected chi connectivity index (χ4v) is 7.94. The average molecular weight is 680 g/mol. The van der Waals surface area contributed by atoms with Gasteiger partial charge in [-0.3, -0.25) is 14.6 Å². The fourth-order valence-electron chi connectivity index (χ4n) is 7.66. The molecule has 0 radical (unpaired) electrons. The zero-order valence-corrected chi connectivity index (χ0v) is 29.4. The average Bonchev–Trinajstić information content (AvgIpc) is 3.69. The summed E-state index contributed by atoms with van der Waals surface area (Å²) in [6.45, 7) is 10.3. The van der Waals surface area contributed by atoms with Crippen molar-refractivity contribution < 1.29 is 9.18 Å². The van der Waals surface area contributed by atoms with Crippen LogP contribution in [0.1, 0.15) is 44.2 Å². The van der Waals surface area contributed by atoms with Gasteiger partial charge in [-0.15, -0.1) is 0 Å². The quantitative estimate of drug-likeness (QED) is 0.212. The second kappa shape index (κ2) is 12.3. The monoisotopic (exact) mass is 679 g/mol. The third-order valence-corrected chi connectivity index (χ3v) is 11.1. The summed E-state index contributed by atoms with van der Waals surface area (Å²) in [7, 11) is 4.14. The first-order valence-corrected chi connectivity index (χ1v) is 17.0. The lowest BCUT2D eigenvalue weighted by molar-refractivity contribution is -0.129. The number of H-pyrrole nitrogens is 1. The lowest BCUT2D eigenvalue weighted by atomic mass is 9.89. The molecule has 49 heavy (non-hydrogen) atoms. The van der Waals surface area contributed by atoms with Crippen LogP contribution in [0.3, 0.4) is 0 Å². The molecule has 5 heterocycles. The highest BCUT2D eigenvalue weighted by atomic mass is 35.5. The zero-order chi connectivity index (χ0) is 34.8. The second-order valence-electron chi connectivity index (χ2n) is 14.0. The molecule has 1 N–H and O–H groups in total. The molecule has 3 aromatic heterocycles. The van der Waals surface area contributed by atoms with Crippen LogP contribution < -0.4 is 4.90 Å². The van der Waals surface area contributed by atoms with Crippen molar-refractivity contribution in [3.8, 4) is 29.0 Å². The van der Waals surface area contributed by atoms with Gasteiger partial charge in [-0.05, 0) is 89.7 Å². The lowest BCUT2D eigenvalue weighted by Gasteiger charge is -2.52. The van der Waals surface area contributed by atoms with Gasteiger partial charge in [0.05, 0.1) is 51.9 Å². The maximum Gasteiger partial charge on any atom is 0.298 e. The van der Waals surface area contributed by atoms with E-state index in [1.807, 2.05) is 36.9 Å². The number of carbonyl (C=O) groups excluding carboxylic acids is 1. The Kier molecular flexibility index (Phi) is 8.25. The highest BCUT2D eigenvalue weighted by molar-refractivity contribution is 6.35. The van der Waals surface area contributed by atoms with Crippen molar-refractivity contribution in [1.29, 1.82) is 5.26 Å². The molecular weight excluding hydrogens is 641 g/mol. The molecule has 2 saturated heterocycles. The molecule has 2 fully saturated rings. The van der Waals surface area contributed by atoms with Crippen molar-refractivity contribution in [3.05, 3.63) is 46.5 Å². The molecular formula is C37H39ClFN9O. The van der Waals surface area contributed by atoms with Crippen LogP contribution in [0.15, 0.2) is 24.5 Å². The maximum atomic E-state index is 17.2. The molecule has 1 unspecified atom stereocenters. The first kappa shape index (κ1) is 32.8. The van der Waals surface area contributed by atoms with Crippen LogP contribution in [-0.4, -0.2) is 86.0 Å². The predicted molar refractivity (Wildman–Crippen MR) is 191 cm³/mol. The summed E-state index contributed by atoms with van der Waals surface area (Å²) in [4.78, 5) is 23.9. The Balaban J connectivity index is 1.38. The fraction of sp³-hybridized carbons (Fsp3) is 0.432. The SMILES string of the molecule is CC#CC(=O)N1CCC(Cn2ncc3c(N4CC(C)(N(C)C)C4)nc4c(F)c(-c5c(C)c(C)cc6[nH]ncc56)c(Cl)cc4c32)C[C@H]1CC#N. The number of piperidine rings is 1. The number of amides is 1. The smallest absolute Gasteiger partial charge is 0.298 e. The summed E-state index contributed by atoms with van der Waals surface area (Å²) in [6, 6.07) is 5.85. The van der Waals surface area contributed by atoms with Crippen molar-refractivity contribution in [2.24, 2.45) is 5.92 Å². The molecule has 2 aliphatic rings. The van der Waals surface area contributed by atoms with E-state index >= 15 is 4.39 Å². The number of aromatic nitrogens is 5. The van der Waals surface area contributed by atoms with Gasteiger partial charge < -0.3 is 14.7 Å². The molecule has 2 aliphatic heterocycles. The van der Waals surface area contributed by atoms with E-state index in [0.717, 1.165) is 52.4 Å². The van der Waals surface area contributed by atoms with Crippen molar-refractivity contribution in [2.45, 2.75) is 65.1 Å². The van der Waals surface area contributed by atoms with Gasteiger partial charge in [-0.2, -0.15) is 15.5 Å². The number of nitrogens with one attached hydrogen (secondary N) is 1. The van der Waals surface area contributed by atoms with Crippen LogP contribution in [0.2, 0.25) is 5.02 Å². The molecule has 10 nitrogen and oxygen atoms in total. The Bertz CT molecular complexity index is 2250. The Morgan fingerprint density at radius 1 is 1.18 bits per heavy atom. The van der Waals surface area contributed by atoms with Gasteiger partial charge in [-0.1, -0.05) is 17.5 Å². The minimum absolute atomic E-state index is 0.0441. The number of benzene rings is 2. The number of rotatable bonds is 6. The summed E-state index contributed by atoms with van der Waals surface area (Å²) in [5.41, 5.74) is 4.70. The molecule has 0 saturated carbocycles. The Labute approximate surface area is 289 Å². The van der Waals surface area contributed by atoms with Crippen molar-refractivity contribution in [1.82, 2.24) is 34.8 Å². The third kappa shape index (κ3) is 5.36. The lowest BCUT2D eigenvalue weighted by Crippen LogP contribution is -2.67. The minimum atomic E-state index is -0.483.